The van der Waals surface area contributed by atoms with Gasteiger partial charge >= 0.3 is 11.4 Å². The Morgan fingerprint density at radius 2 is 1.20 bits per heavy atom. The van der Waals surface area contributed by atoms with Gasteiger partial charge in [-0.3, -0.25) is 0 Å². The van der Waals surface area contributed by atoms with Crippen LogP contribution in [0.5, 0.6) is 0 Å². The van der Waals surface area contributed by atoms with Gasteiger partial charge in [0, 0.05) is 5.75 Å². The molecule has 0 saturated carbocycles. The number of ether oxygens (including phenoxy) is 3. The summed E-state index contributed by atoms with van der Waals surface area (Å²) in [7, 11) is 0. The minimum Gasteiger partial charge on any atom is -0.394 e. The van der Waals surface area contributed by atoms with E-state index in [1.54, 1.807) is 0 Å². The molecule has 0 rings (SSSR count). The van der Waals surface area contributed by atoms with Gasteiger partial charge in [0.1, 0.15) is 0 Å². The highest BCUT2D eigenvalue weighted by Gasteiger charge is 2.57. The Hall–Kier alpha value is -0.160. The van der Waals surface area contributed by atoms with E-state index in [-0.39, 0.29) is 39.6 Å². The van der Waals surface area contributed by atoms with Gasteiger partial charge in [0.25, 0.3) is 0 Å². The van der Waals surface area contributed by atoms with Crippen molar-refractivity contribution in [3.05, 3.63) is 0 Å². The first kappa shape index (κ1) is 19.8. The van der Waals surface area contributed by atoms with E-state index >= 15 is 0 Å². The van der Waals surface area contributed by atoms with Crippen LogP contribution in [-0.2, 0) is 14.2 Å². The van der Waals surface area contributed by atoms with Gasteiger partial charge in [0.15, 0.2) is 0 Å². The summed E-state index contributed by atoms with van der Waals surface area (Å²) in [6.45, 7) is 0.772. The lowest BCUT2D eigenvalue weighted by Crippen LogP contribution is -2.33. The molecule has 20 heavy (non-hydrogen) atoms. The molecular formula is C10H17F5O4S. The molecule has 1 N–H and O–H groups in total. The number of hydrogen-bond donors (Lipinski definition) is 1. The lowest BCUT2D eigenvalue weighted by Gasteiger charge is -2.18. The van der Waals surface area contributed by atoms with Crippen LogP contribution < -0.4 is 0 Å². The summed E-state index contributed by atoms with van der Waals surface area (Å²) < 4.78 is 74.9. The second kappa shape index (κ2) is 10.6. The van der Waals surface area contributed by atoms with Gasteiger partial charge in [-0.15, -0.1) is 0 Å². The molecule has 0 radical (unpaired) electrons. The molecule has 10 heteroatoms. The summed E-state index contributed by atoms with van der Waals surface area (Å²) in [4.78, 5) is 0. The maximum Gasteiger partial charge on any atom is 0.464 e. The van der Waals surface area contributed by atoms with E-state index in [1.807, 2.05) is 0 Å². The highest BCUT2D eigenvalue weighted by atomic mass is 32.2. The van der Waals surface area contributed by atoms with Crippen molar-refractivity contribution in [2.24, 2.45) is 0 Å². The summed E-state index contributed by atoms with van der Waals surface area (Å²) >= 11 is -0.505. The van der Waals surface area contributed by atoms with Crippen molar-refractivity contribution in [3.8, 4) is 0 Å². The molecule has 0 bridgehead atoms. The first-order valence-corrected chi connectivity index (χ1v) is 6.72. The average Bonchev–Trinajstić information content (AvgIpc) is 2.34. The van der Waals surface area contributed by atoms with Crippen LogP contribution >= 0.6 is 11.8 Å². The molecule has 0 aliphatic carbocycles. The van der Waals surface area contributed by atoms with E-state index in [0.717, 1.165) is 0 Å². The number of aliphatic hydroxyl groups is 1. The zero-order valence-electron chi connectivity index (χ0n) is 10.6. The molecule has 0 saturated heterocycles. The number of hydrogen-bond acceptors (Lipinski definition) is 5. The molecule has 4 nitrogen and oxygen atoms in total. The summed E-state index contributed by atoms with van der Waals surface area (Å²) in [6.07, 6.45) is -5.55. The first-order chi connectivity index (χ1) is 9.31. The summed E-state index contributed by atoms with van der Waals surface area (Å²) in [6, 6.07) is 0. The predicted molar refractivity (Wildman–Crippen MR) is 63.0 cm³/mol. The van der Waals surface area contributed by atoms with Crippen LogP contribution in [0.15, 0.2) is 0 Å². The molecule has 0 aliphatic heterocycles. The van der Waals surface area contributed by atoms with Gasteiger partial charge in [0.05, 0.1) is 46.2 Å². The standard InChI is InChI=1S/C10H17F5O4S/c11-9(12,13)10(14,15)20-8-7-19-6-5-18-4-3-17-2-1-16/h16H,1-8H2. The largest absolute Gasteiger partial charge is 0.464 e. The molecule has 0 heterocycles. The highest BCUT2D eigenvalue weighted by molar-refractivity contribution is 8.00. The van der Waals surface area contributed by atoms with Gasteiger partial charge in [0.2, 0.25) is 0 Å². The van der Waals surface area contributed by atoms with Gasteiger partial charge in [-0.25, -0.2) is 0 Å². The number of rotatable bonds is 12. The van der Waals surface area contributed by atoms with E-state index in [9.17, 15) is 22.0 Å². The zero-order valence-corrected chi connectivity index (χ0v) is 11.4. The Labute approximate surface area is 117 Å². The second-order valence-corrected chi connectivity index (χ2v) is 4.63. The van der Waals surface area contributed by atoms with Gasteiger partial charge in [-0.2, -0.15) is 22.0 Å². The minimum absolute atomic E-state index is 0.0800. The number of alkyl halides is 5. The van der Waals surface area contributed by atoms with E-state index < -0.39 is 28.9 Å². The van der Waals surface area contributed by atoms with Crippen LogP contribution in [0.4, 0.5) is 22.0 Å². The van der Waals surface area contributed by atoms with Crippen LogP contribution in [0.2, 0.25) is 0 Å². The van der Waals surface area contributed by atoms with Gasteiger partial charge < -0.3 is 19.3 Å². The third-order valence-electron chi connectivity index (χ3n) is 1.82. The lowest BCUT2D eigenvalue weighted by atomic mass is 10.7. The van der Waals surface area contributed by atoms with E-state index in [2.05, 4.69) is 0 Å². The normalized spacial score (nSPS) is 12.9. The van der Waals surface area contributed by atoms with Crippen molar-refractivity contribution in [2.75, 3.05) is 52.0 Å². The molecule has 0 aromatic rings. The molecule has 0 aromatic heterocycles. The Morgan fingerprint density at radius 3 is 1.65 bits per heavy atom. The van der Waals surface area contributed by atoms with E-state index in [1.165, 1.54) is 0 Å². The van der Waals surface area contributed by atoms with Gasteiger partial charge in [-0.05, 0) is 0 Å². The third kappa shape index (κ3) is 9.70. The quantitative estimate of drug-likeness (QED) is 0.438. The van der Waals surface area contributed by atoms with Crippen molar-refractivity contribution in [3.63, 3.8) is 0 Å². The summed E-state index contributed by atoms with van der Waals surface area (Å²) in [5, 5.41) is 3.63. The monoisotopic (exact) mass is 328 g/mol. The molecule has 0 fully saturated rings. The van der Waals surface area contributed by atoms with Crippen molar-refractivity contribution in [1.82, 2.24) is 0 Å². The third-order valence-corrected chi connectivity index (χ3v) is 2.79. The highest BCUT2D eigenvalue weighted by Crippen LogP contribution is 2.43. The minimum atomic E-state index is -5.55. The van der Waals surface area contributed by atoms with Crippen LogP contribution in [0, 0.1) is 0 Å². The maximum atomic E-state index is 12.4. The number of thioether (sulfide) groups is 1. The summed E-state index contributed by atoms with van der Waals surface area (Å²) in [5.41, 5.74) is 0. The lowest BCUT2D eigenvalue weighted by molar-refractivity contribution is -0.237. The maximum absolute atomic E-state index is 12.4. The first-order valence-electron chi connectivity index (χ1n) is 5.74. The Bertz CT molecular complexity index is 240. The van der Waals surface area contributed by atoms with Crippen molar-refractivity contribution in [1.29, 1.82) is 0 Å². The SMILES string of the molecule is OCCOCCOCCOCCSC(F)(F)C(F)(F)F. The van der Waals surface area contributed by atoms with Crippen molar-refractivity contribution in [2.45, 2.75) is 11.4 Å². The zero-order chi connectivity index (χ0) is 15.5. The van der Waals surface area contributed by atoms with Crippen molar-refractivity contribution >= 4 is 11.8 Å². The fourth-order valence-electron chi connectivity index (χ4n) is 0.917. The molecule has 122 valence electrons. The average molecular weight is 328 g/mol. The fraction of sp³-hybridized carbons (Fsp3) is 1.00. The van der Waals surface area contributed by atoms with E-state index in [0.29, 0.717) is 6.61 Å². The summed E-state index contributed by atoms with van der Waals surface area (Å²) in [5.74, 6) is -0.466. The van der Waals surface area contributed by atoms with E-state index in [4.69, 9.17) is 19.3 Å². The molecule has 0 atom stereocenters. The van der Waals surface area contributed by atoms with Crippen LogP contribution in [0.25, 0.3) is 0 Å². The molecule has 0 amide bonds. The Morgan fingerprint density at radius 1 is 0.750 bits per heavy atom. The molecule has 0 spiro atoms. The molecular weight excluding hydrogens is 311 g/mol. The van der Waals surface area contributed by atoms with Crippen LogP contribution in [0.3, 0.4) is 0 Å². The Balaban J connectivity index is 3.33. The van der Waals surface area contributed by atoms with Gasteiger partial charge in [-0.1, -0.05) is 11.8 Å². The smallest absolute Gasteiger partial charge is 0.394 e. The predicted octanol–water partition coefficient (Wildman–Crippen LogP) is 1.92. The Kier molecular flexibility index (Phi) is 10.5. The molecule has 0 aliphatic rings. The van der Waals surface area contributed by atoms with Crippen LogP contribution in [-0.4, -0.2) is 68.5 Å². The molecule has 0 aromatic carbocycles. The topological polar surface area (TPSA) is 47.9 Å². The molecule has 0 unspecified atom stereocenters. The fourth-order valence-corrected chi connectivity index (χ4v) is 1.54. The number of halogens is 5. The second-order valence-electron chi connectivity index (χ2n) is 3.42. The number of aliphatic hydroxyl groups excluding tert-OH is 1. The van der Waals surface area contributed by atoms with Crippen molar-refractivity contribution < 1.29 is 41.3 Å². The van der Waals surface area contributed by atoms with Crippen LogP contribution in [0.1, 0.15) is 0 Å².